The molecule has 0 aromatic heterocycles. The van der Waals surface area contributed by atoms with Gasteiger partial charge in [-0.3, -0.25) is 4.79 Å². The summed E-state index contributed by atoms with van der Waals surface area (Å²) in [5.74, 6) is -4.80. The Balaban J connectivity index is 0.752. The number of allylic oxidation sites excluding steroid dienone is 4. The van der Waals surface area contributed by atoms with Gasteiger partial charge in [0.2, 0.25) is 6.29 Å². The average molecular weight is 2160 g/mol. The van der Waals surface area contributed by atoms with Crippen molar-refractivity contribution in [3.8, 4) is 0 Å². The highest BCUT2D eigenvalue weighted by Gasteiger charge is 2.75. The molecule has 9 aliphatic heterocycles. The Bertz CT molecular complexity index is 4600. The van der Waals surface area contributed by atoms with Gasteiger partial charge >= 0.3 is 17.9 Å². The van der Waals surface area contributed by atoms with E-state index in [0.29, 0.717) is 31.3 Å². The van der Waals surface area contributed by atoms with Crippen LogP contribution >= 0.6 is 0 Å². The van der Waals surface area contributed by atoms with Crippen molar-refractivity contribution in [2.75, 3.05) is 59.5 Å². The molecule has 4 saturated carbocycles. The van der Waals surface area contributed by atoms with E-state index in [1.54, 1.807) is 6.92 Å². The van der Waals surface area contributed by atoms with Gasteiger partial charge in [-0.15, -0.1) is 13.2 Å². The van der Waals surface area contributed by atoms with Crippen molar-refractivity contribution >= 4 is 17.9 Å². The number of aliphatic hydroxyl groups is 27. The maximum absolute atomic E-state index is 16.9. The maximum Gasteiger partial charge on any atom is 0.336 e. The minimum Gasteiger partial charge on any atom is -0.458 e. The molecule has 13 fully saturated rings. The smallest absolute Gasteiger partial charge is 0.336 e. The van der Waals surface area contributed by atoms with E-state index in [2.05, 4.69) is 33.1 Å². The molecule has 858 valence electrons. The van der Waals surface area contributed by atoms with E-state index in [0.717, 1.165) is 0 Å². The quantitative estimate of drug-likeness (QED) is 0.00911. The molecule has 0 aromatic rings. The lowest BCUT2D eigenvalue weighted by molar-refractivity contribution is -0.390. The largest absolute Gasteiger partial charge is 0.458 e. The Kier molecular flexibility index (Phi) is 38.7. The van der Waals surface area contributed by atoms with Crippen LogP contribution in [0.2, 0.25) is 0 Å². The molecule has 0 aromatic carbocycles. The first-order chi connectivity index (χ1) is 70.4. The SMILES string of the molecule is C=CC(C)(O)CC/C=C(\CO)C(=O)O[C@@H]1CO[C@@H](O[C@](C)(C=C)CC/C=C(\C)C(=O)O[C@H]2C[C@]3(C(=O)O[C@@H]4O[C@H](CO)[C@@H](O)[C@H](O)[C@H]4O[C@@H]4O[C@@H](C)[C@H](O[C@@H]5O[C@@H](CO)[C@H](O)[C@H]5O)[C@@H](O[C@@H]5O[C@H](CO)[C@@H](O)[C@H](O)[C@H]5O)[C@H]4O)[C@H](O)C[C@]4(C)C(=CC[C@@H]5[C@@]6(C)CC[C@H](O[C@@H]7O[C@H](CO[C@@H]8OC[C@H](O)[C@H](O)[C@H]8O[C@@H]8OC[C@H](O)[C@H](O)[C@H]8O)[C@@H](O)[C@H](O)[C@H]7O[C@@H]7O[C@H](CO)[C@@H](O)[C@H](O)[C@H]7O)C(C)(C)[C@@H]6CC[C@]54C)[C@@H]3CC2(C)C)[C@H](O)[C@H]1O. The van der Waals surface area contributed by atoms with Crippen molar-refractivity contribution < 1.29 is 247 Å². The highest BCUT2D eigenvalue weighted by Crippen LogP contribution is 2.77. The van der Waals surface area contributed by atoms with Crippen LogP contribution < -0.4 is 0 Å². The second kappa shape index (κ2) is 48.1. The molecule has 9 saturated heterocycles. The first-order valence-corrected chi connectivity index (χ1v) is 51.5. The molecular weight excluding hydrogens is 2000 g/mol. The molecule has 9 heterocycles. The van der Waals surface area contributed by atoms with E-state index in [1.807, 2.05) is 34.6 Å². The van der Waals surface area contributed by atoms with E-state index in [1.165, 1.54) is 45.1 Å². The molecule has 14 aliphatic rings. The standard InChI is InChI=1S/C100H158O50/c1-14-95(9,130)24-17-19-42(31-101)82(128)136-51-38-133-84(71(122)65(51)116)150-96(10,15-2)25-16-18-40(3)81(127)142-57-30-100(92(129)149-91-80(68(119)62(113)49(34-104)140-91)148-88-75(126)77(145-86-73(124)66(117)60(111)47(32-102)137-86)76(41(4)135-88)144-85-72(123)63(114)50(35-105)139-85)44(28-93(57,5)6)43-20-21-54-97(11)26-23-56(94(7,8)53(97)22-27-98(54,12)99(43,13)29-55(100)108)143-90-79(147-87-74(125)67(118)61(112)48(33-103)138-87)69(120)64(115)52(141-90)39-134-89-78(59(110)46(107)37-132-89)146-83-70(121)58(109)45(106)36-131-83/h14-15,18-20,41,44-80,83-91,101-126,130H,1-2,16-17,21-39H2,3-13H3/b40-18+,42-19+/t41-,44-,45-,46-,47+,48+,49+,50-,51+,52+,53-,54+,55+,56-,57-,58-,59-,60+,61+,62+,63-,64+,65-,66-,67-,68-,69-,70+,71+,72+,73+,74+,75+,76-,77-,78+,79+,80+,83-,84-,85-,86-,87-,88-,89-,90-,91-,95?,96+,97-,98+,99+,100+/m0/s1. The number of esters is 3. The molecule has 14 rings (SSSR count). The molecule has 27 N–H and O–H groups in total. The summed E-state index contributed by atoms with van der Waals surface area (Å²) < 4.78 is 122. The van der Waals surface area contributed by atoms with Crippen LogP contribution in [0.15, 0.2) is 60.3 Å². The summed E-state index contributed by atoms with van der Waals surface area (Å²) in [6, 6.07) is 0. The van der Waals surface area contributed by atoms with Crippen LogP contribution in [0, 0.1) is 50.2 Å². The van der Waals surface area contributed by atoms with Crippen molar-refractivity contribution in [1.82, 2.24) is 0 Å². The van der Waals surface area contributed by atoms with E-state index in [9.17, 15) is 143 Å². The summed E-state index contributed by atoms with van der Waals surface area (Å²) in [7, 11) is 0. The van der Waals surface area contributed by atoms with Crippen LogP contribution in [-0.4, -0.2) is 497 Å². The zero-order valence-electron chi connectivity index (χ0n) is 85.8. The van der Waals surface area contributed by atoms with Crippen molar-refractivity contribution in [3.63, 3.8) is 0 Å². The molecule has 1 unspecified atom stereocenters. The number of fused-ring (bicyclic) bond motifs is 7. The fraction of sp³-hybridized carbons (Fsp3) is 0.870. The summed E-state index contributed by atoms with van der Waals surface area (Å²) in [5.41, 5.74) is -8.94. The molecule has 0 spiro atoms. The molecule has 0 bridgehead atoms. The number of ether oxygens (including phenoxy) is 20. The lowest BCUT2D eigenvalue weighted by Crippen LogP contribution is -2.70. The number of carbonyl (C=O) groups excluding carboxylic acids is 3. The summed E-state index contributed by atoms with van der Waals surface area (Å²) in [6.45, 7) is 20.6. The van der Waals surface area contributed by atoms with Crippen LogP contribution in [0.1, 0.15) is 153 Å². The van der Waals surface area contributed by atoms with E-state index in [4.69, 9.17) is 94.7 Å². The molecule has 50 heteroatoms. The molecule has 150 heavy (non-hydrogen) atoms. The fourth-order valence-electron chi connectivity index (χ4n) is 25.2. The predicted molar refractivity (Wildman–Crippen MR) is 500 cm³/mol. The first kappa shape index (κ1) is 121. The fourth-order valence-corrected chi connectivity index (χ4v) is 25.2. The zero-order chi connectivity index (χ0) is 110. The van der Waals surface area contributed by atoms with E-state index >= 15 is 9.59 Å². The topological polar surface area (TPSA) is 782 Å². The van der Waals surface area contributed by atoms with Crippen LogP contribution in [0.5, 0.6) is 0 Å². The van der Waals surface area contributed by atoms with Gasteiger partial charge in [0.15, 0.2) is 62.5 Å². The third kappa shape index (κ3) is 23.5. The van der Waals surface area contributed by atoms with Gasteiger partial charge in [0.1, 0.15) is 189 Å². The second-order valence-corrected chi connectivity index (χ2v) is 45.3. The van der Waals surface area contributed by atoms with Crippen LogP contribution in [0.4, 0.5) is 0 Å². The summed E-state index contributed by atoms with van der Waals surface area (Å²) in [5, 5.41) is 302. The van der Waals surface area contributed by atoms with Gasteiger partial charge in [-0.2, -0.15) is 0 Å². The highest BCUT2D eigenvalue weighted by molar-refractivity contribution is 5.89. The van der Waals surface area contributed by atoms with Crippen LogP contribution in [0.3, 0.4) is 0 Å². The van der Waals surface area contributed by atoms with Gasteiger partial charge in [0, 0.05) is 17.4 Å². The number of aliphatic hydroxyl groups excluding tert-OH is 26. The number of rotatable bonds is 36. The van der Waals surface area contributed by atoms with Crippen LogP contribution in [0.25, 0.3) is 0 Å². The molecule has 53 atom stereocenters. The molecular formula is C100H158O50. The van der Waals surface area contributed by atoms with Crippen molar-refractivity contribution in [2.24, 2.45) is 50.2 Å². The molecule has 0 amide bonds. The van der Waals surface area contributed by atoms with Gasteiger partial charge in [0.25, 0.3) is 0 Å². The molecule has 50 nitrogen and oxygen atoms in total. The van der Waals surface area contributed by atoms with E-state index in [-0.39, 0.29) is 67.9 Å². The Morgan fingerprint density at radius 1 is 0.447 bits per heavy atom. The Labute approximate surface area is 866 Å². The minimum absolute atomic E-state index is 0.0307. The van der Waals surface area contributed by atoms with Gasteiger partial charge < -0.3 is 233 Å². The normalized spacial score (nSPS) is 48.7. The third-order valence-electron chi connectivity index (χ3n) is 34.9. The lowest BCUT2D eigenvalue weighted by atomic mass is 9.33. The molecule has 0 radical (unpaired) electrons. The Morgan fingerprint density at radius 2 is 0.933 bits per heavy atom. The lowest BCUT2D eigenvalue weighted by Gasteiger charge is -2.72. The van der Waals surface area contributed by atoms with Gasteiger partial charge in [-0.1, -0.05) is 84.4 Å². The summed E-state index contributed by atoms with van der Waals surface area (Å²) >= 11 is 0. The minimum atomic E-state index is -2.30. The molecule has 5 aliphatic carbocycles. The summed E-state index contributed by atoms with van der Waals surface area (Å²) in [6.07, 6.45) is -70.6. The number of hydrogen-bond donors (Lipinski definition) is 27. The van der Waals surface area contributed by atoms with Gasteiger partial charge in [-0.05, 0) is 138 Å². The highest BCUT2D eigenvalue weighted by atomic mass is 16.8. The van der Waals surface area contributed by atoms with Gasteiger partial charge in [0.05, 0.1) is 94.5 Å². The van der Waals surface area contributed by atoms with Gasteiger partial charge in [-0.25, -0.2) is 9.59 Å². The number of carbonyl (C=O) groups is 3. The third-order valence-corrected chi connectivity index (χ3v) is 34.9. The van der Waals surface area contributed by atoms with Crippen molar-refractivity contribution in [2.45, 2.75) is 435 Å². The zero-order valence-corrected chi connectivity index (χ0v) is 85.8. The van der Waals surface area contributed by atoms with Crippen LogP contribution in [-0.2, 0) is 109 Å². The first-order valence-electron chi connectivity index (χ1n) is 51.5. The maximum atomic E-state index is 16.9. The summed E-state index contributed by atoms with van der Waals surface area (Å²) in [4.78, 5) is 45.2. The van der Waals surface area contributed by atoms with Crippen molar-refractivity contribution in [1.29, 1.82) is 0 Å². The van der Waals surface area contributed by atoms with Crippen molar-refractivity contribution in [3.05, 3.63) is 60.3 Å². The number of hydrogen-bond acceptors (Lipinski definition) is 50. The average Bonchev–Trinajstić information content (AvgIpc) is 0.719. The monoisotopic (exact) mass is 2160 g/mol. The second-order valence-electron chi connectivity index (χ2n) is 45.3. The predicted octanol–water partition coefficient (Wildman–Crippen LogP) is -7.99. The van der Waals surface area contributed by atoms with E-state index < -0.39 is 404 Å². The Morgan fingerprint density at radius 3 is 1.51 bits per heavy atom. The Hall–Kier alpha value is -4.65.